The molecule has 2 aromatic carbocycles. The number of nitrogens with zero attached hydrogens (tertiary/aromatic N) is 2. The Balaban J connectivity index is 1.49. The van der Waals surface area contributed by atoms with E-state index in [9.17, 15) is 4.79 Å². The molecular formula is C20H24BrN3OS. The van der Waals surface area contributed by atoms with Gasteiger partial charge in [0.05, 0.1) is 5.75 Å². The molecule has 0 spiro atoms. The van der Waals surface area contributed by atoms with Gasteiger partial charge in [-0.05, 0) is 58.9 Å². The van der Waals surface area contributed by atoms with Gasteiger partial charge in [-0.2, -0.15) is 0 Å². The summed E-state index contributed by atoms with van der Waals surface area (Å²) in [5, 5.41) is 2.98. The summed E-state index contributed by atoms with van der Waals surface area (Å²) in [6, 6.07) is 16.1. The molecule has 0 saturated carbocycles. The lowest BCUT2D eigenvalue weighted by Gasteiger charge is -2.35. The molecule has 26 heavy (non-hydrogen) atoms. The van der Waals surface area contributed by atoms with Gasteiger partial charge in [0.2, 0.25) is 5.91 Å². The Hall–Kier alpha value is -1.50. The molecule has 0 radical (unpaired) electrons. The number of amides is 1. The maximum Gasteiger partial charge on any atom is 0.234 e. The Morgan fingerprint density at radius 2 is 1.77 bits per heavy atom. The van der Waals surface area contributed by atoms with Gasteiger partial charge in [-0.1, -0.05) is 19.1 Å². The molecule has 1 aliphatic heterocycles. The highest BCUT2D eigenvalue weighted by Crippen LogP contribution is 2.27. The molecule has 6 heteroatoms. The topological polar surface area (TPSA) is 35.6 Å². The van der Waals surface area contributed by atoms with Gasteiger partial charge in [0.25, 0.3) is 0 Å². The quantitative estimate of drug-likeness (QED) is 0.687. The van der Waals surface area contributed by atoms with Crippen molar-refractivity contribution in [2.24, 2.45) is 0 Å². The van der Waals surface area contributed by atoms with Crippen LogP contribution in [-0.4, -0.2) is 49.3 Å². The Morgan fingerprint density at radius 1 is 1.08 bits per heavy atom. The summed E-state index contributed by atoms with van der Waals surface area (Å²) in [5.41, 5.74) is 2.07. The number of likely N-dealkylation sites (N-methyl/N-ethyl adjacent to an activating group) is 1. The lowest BCUT2D eigenvalue weighted by Crippen LogP contribution is -2.46. The minimum atomic E-state index is 0.00932. The molecule has 2 aromatic rings. The third-order valence-electron chi connectivity index (χ3n) is 4.53. The number of benzene rings is 2. The fraction of sp³-hybridized carbons (Fsp3) is 0.350. The number of anilines is 2. The zero-order valence-corrected chi connectivity index (χ0v) is 17.4. The predicted octanol–water partition coefficient (Wildman–Crippen LogP) is 4.32. The fourth-order valence-corrected chi connectivity index (χ4v) is 4.35. The average Bonchev–Trinajstić information content (AvgIpc) is 2.68. The monoisotopic (exact) mass is 433 g/mol. The molecule has 1 heterocycles. The number of hydrogen-bond acceptors (Lipinski definition) is 4. The number of hydrogen-bond donors (Lipinski definition) is 1. The minimum absolute atomic E-state index is 0.00932. The molecular weight excluding hydrogens is 410 g/mol. The first-order valence-corrected chi connectivity index (χ1v) is 10.7. The Kier molecular flexibility index (Phi) is 7.00. The predicted molar refractivity (Wildman–Crippen MR) is 114 cm³/mol. The molecule has 3 rings (SSSR count). The maximum atomic E-state index is 12.2. The molecule has 0 aliphatic carbocycles. The summed E-state index contributed by atoms with van der Waals surface area (Å²) in [5.74, 6) is 0.402. The van der Waals surface area contributed by atoms with Crippen LogP contribution in [0.2, 0.25) is 0 Å². The zero-order chi connectivity index (χ0) is 18.4. The first-order chi connectivity index (χ1) is 12.7. The summed E-state index contributed by atoms with van der Waals surface area (Å²) < 4.78 is 1.02. The van der Waals surface area contributed by atoms with E-state index in [2.05, 4.69) is 50.1 Å². The second-order valence-electron chi connectivity index (χ2n) is 6.24. The van der Waals surface area contributed by atoms with Crippen molar-refractivity contribution in [2.45, 2.75) is 11.8 Å². The standard InChI is InChI=1S/C20H24BrN3OS/c1-2-23-11-13-24(14-12-23)17-9-7-16(8-10-17)22-20(25)15-26-19-6-4-3-5-18(19)21/h3-10H,2,11-15H2,1H3,(H,22,25). The minimum Gasteiger partial charge on any atom is -0.369 e. The summed E-state index contributed by atoms with van der Waals surface area (Å²) >= 11 is 5.04. The van der Waals surface area contributed by atoms with E-state index < -0.39 is 0 Å². The van der Waals surface area contributed by atoms with Gasteiger partial charge in [0.15, 0.2) is 0 Å². The van der Waals surface area contributed by atoms with Gasteiger partial charge >= 0.3 is 0 Å². The Morgan fingerprint density at radius 3 is 2.42 bits per heavy atom. The number of carbonyl (C=O) groups excluding carboxylic acids is 1. The van der Waals surface area contributed by atoms with Crippen LogP contribution in [0.1, 0.15) is 6.92 Å². The maximum absolute atomic E-state index is 12.2. The molecule has 4 nitrogen and oxygen atoms in total. The van der Waals surface area contributed by atoms with Crippen LogP contribution in [0.5, 0.6) is 0 Å². The van der Waals surface area contributed by atoms with Crippen LogP contribution in [0, 0.1) is 0 Å². The lowest BCUT2D eigenvalue weighted by atomic mass is 10.2. The SMILES string of the molecule is CCN1CCN(c2ccc(NC(=O)CSc3ccccc3Br)cc2)CC1. The highest BCUT2D eigenvalue weighted by atomic mass is 79.9. The zero-order valence-electron chi connectivity index (χ0n) is 15.0. The summed E-state index contributed by atoms with van der Waals surface area (Å²) in [4.78, 5) is 18.1. The van der Waals surface area contributed by atoms with E-state index in [1.165, 1.54) is 17.4 Å². The van der Waals surface area contributed by atoms with Crippen molar-refractivity contribution in [2.75, 3.05) is 48.7 Å². The van der Waals surface area contributed by atoms with Crippen LogP contribution < -0.4 is 10.2 Å². The molecule has 0 aromatic heterocycles. The third-order valence-corrected chi connectivity index (χ3v) is 6.56. The molecule has 1 saturated heterocycles. The highest BCUT2D eigenvalue weighted by molar-refractivity contribution is 9.10. The van der Waals surface area contributed by atoms with E-state index in [1.807, 2.05) is 36.4 Å². The van der Waals surface area contributed by atoms with Crippen molar-refractivity contribution in [3.8, 4) is 0 Å². The van der Waals surface area contributed by atoms with Gasteiger partial charge in [-0.25, -0.2) is 0 Å². The van der Waals surface area contributed by atoms with E-state index in [-0.39, 0.29) is 5.91 Å². The van der Waals surface area contributed by atoms with E-state index >= 15 is 0 Å². The summed E-state index contributed by atoms with van der Waals surface area (Å²) in [6.07, 6.45) is 0. The molecule has 0 atom stereocenters. The van der Waals surface area contributed by atoms with Crippen LogP contribution in [0.4, 0.5) is 11.4 Å². The molecule has 0 unspecified atom stereocenters. The smallest absolute Gasteiger partial charge is 0.234 e. The van der Waals surface area contributed by atoms with Crippen LogP contribution in [0.15, 0.2) is 57.9 Å². The van der Waals surface area contributed by atoms with Gasteiger partial charge in [-0.15, -0.1) is 11.8 Å². The lowest BCUT2D eigenvalue weighted by molar-refractivity contribution is -0.113. The van der Waals surface area contributed by atoms with Crippen molar-refractivity contribution < 1.29 is 4.79 Å². The van der Waals surface area contributed by atoms with Crippen LogP contribution in [0.3, 0.4) is 0 Å². The second kappa shape index (κ2) is 9.44. The average molecular weight is 434 g/mol. The van der Waals surface area contributed by atoms with Crippen molar-refractivity contribution in [3.63, 3.8) is 0 Å². The number of nitrogens with one attached hydrogen (secondary N) is 1. The number of carbonyl (C=O) groups is 1. The highest BCUT2D eigenvalue weighted by Gasteiger charge is 2.15. The van der Waals surface area contributed by atoms with Crippen LogP contribution in [-0.2, 0) is 4.79 Å². The summed E-state index contributed by atoms with van der Waals surface area (Å²) in [7, 11) is 0. The van der Waals surface area contributed by atoms with E-state index in [1.54, 1.807) is 0 Å². The summed E-state index contributed by atoms with van der Waals surface area (Å²) in [6.45, 7) is 7.67. The van der Waals surface area contributed by atoms with Crippen LogP contribution in [0.25, 0.3) is 0 Å². The van der Waals surface area contributed by atoms with Crippen molar-refractivity contribution in [1.29, 1.82) is 0 Å². The number of rotatable bonds is 6. The van der Waals surface area contributed by atoms with Crippen molar-refractivity contribution >= 4 is 45.0 Å². The first-order valence-electron chi connectivity index (χ1n) is 8.90. The number of halogens is 1. The van der Waals surface area contributed by atoms with E-state index in [0.29, 0.717) is 5.75 Å². The molecule has 1 N–H and O–H groups in total. The number of piperazine rings is 1. The Bertz CT molecular complexity index is 730. The van der Waals surface area contributed by atoms with Crippen molar-refractivity contribution in [3.05, 3.63) is 53.0 Å². The van der Waals surface area contributed by atoms with Gasteiger partial charge in [-0.3, -0.25) is 4.79 Å². The normalized spacial score (nSPS) is 15.1. The van der Waals surface area contributed by atoms with Gasteiger partial charge < -0.3 is 15.1 Å². The van der Waals surface area contributed by atoms with E-state index in [0.717, 1.165) is 47.8 Å². The van der Waals surface area contributed by atoms with Gasteiger partial charge in [0, 0.05) is 46.9 Å². The van der Waals surface area contributed by atoms with Gasteiger partial charge in [0.1, 0.15) is 0 Å². The van der Waals surface area contributed by atoms with E-state index in [4.69, 9.17) is 0 Å². The fourth-order valence-electron chi connectivity index (χ4n) is 2.98. The molecule has 0 bridgehead atoms. The molecule has 1 fully saturated rings. The molecule has 138 valence electrons. The number of thioether (sulfide) groups is 1. The Labute approximate surface area is 168 Å². The second-order valence-corrected chi connectivity index (χ2v) is 8.11. The molecule has 1 amide bonds. The van der Waals surface area contributed by atoms with Crippen LogP contribution >= 0.6 is 27.7 Å². The van der Waals surface area contributed by atoms with Crippen molar-refractivity contribution in [1.82, 2.24) is 4.90 Å². The molecule has 1 aliphatic rings. The third kappa shape index (κ3) is 5.25. The largest absolute Gasteiger partial charge is 0.369 e. The first kappa shape index (κ1) is 19.3.